The molecule has 1 unspecified atom stereocenters. The molecule has 4 heteroatoms. The molecule has 1 atom stereocenters. The van der Waals surface area contributed by atoms with E-state index in [1.54, 1.807) is 0 Å². The van der Waals surface area contributed by atoms with Crippen molar-refractivity contribution in [3.8, 4) is 0 Å². The number of hydrogen-bond donors (Lipinski definition) is 1. The van der Waals surface area contributed by atoms with Gasteiger partial charge in [0.05, 0.1) is 3.79 Å². The van der Waals surface area contributed by atoms with Crippen LogP contribution in [0.5, 0.6) is 0 Å². The van der Waals surface area contributed by atoms with Crippen molar-refractivity contribution in [3.63, 3.8) is 0 Å². The standard InChI is InChI=1S/C8H10BrNS.ClH/c9-8-2-1-7(11-8)6-3-4-10-5-6;/h1-2,6,10H,3-5H2;1H. The minimum absolute atomic E-state index is 0. The Morgan fingerprint density at radius 2 is 2.33 bits per heavy atom. The zero-order valence-electron chi connectivity index (χ0n) is 6.55. The van der Waals surface area contributed by atoms with E-state index in [0.29, 0.717) is 0 Å². The average Bonchev–Trinajstić information content (AvgIpc) is 2.55. The fourth-order valence-corrected chi connectivity index (χ4v) is 3.00. The van der Waals surface area contributed by atoms with E-state index in [-0.39, 0.29) is 12.4 Å². The van der Waals surface area contributed by atoms with E-state index in [1.165, 1.54) is 21.6 Å². The predicted octanol–water partition coefficient (Wildman–Crippen LogP) is 3.01. The van der Waals surface area contributed by atoms with Gasteiger partial charge in [0.15, 0.2) is 0 Å². The van der Waals surface area contributed by atoms with Gasteiger partial charge in [0.25, 0.3) is 0 Å². The van der Waals surface area contributed by atoms with Gasteiger partial charge in [0, 0.05) is 17.3 Å². The molecule has 0 saturated carbocycles. The van der Waals surface area contributed by atoms with Crippen LogP contribution in [0.1, 0.15) is 17.2 Å². The van der Waals surface area contributed by atoms with E-state index in [2.05, 4.69) is 33.4 Å². The highest BCUT2D eigenvalue weighted by molar-refractivity contribution is 9.11. The molecule has 68 valence electrons. The molecular formula is C8H11BrClNS. The summed E-state index contributed by atoms with van der Waals surface area (Å²) >= 11 is 5.34. The number of halogens is 2. The lowest BCUT2D eigenvalue weighted by molar-refractivity contribution is 0.779. The van der Waals surface area contributed by atoms with Gasteiger partial charge in [0.1, 0.15) is 0 Å². The number of hydrogen-bond acceptors (Lipinski definition) is 2. The van der Waals surface area contributed by atoms with Crippen LogP contribution >= 0.6 is 39.7 Å². The second-order valence-corrected chi connectivity index (χ2v) is 5.33. The van der Waals surface area contributed by atoms with Crippen molar-refractivity contribution in [2.45, 2.75) is 12.3 Å². The summed E-state index contributed by atoms with van der Waals surface area (Å²) in [6, 6.07) is 4.37. The summed E-state index contributed by atoms with van der Waals surface area (Å²) in [5.74, 6) is 0.770. The molecule has 0 amide bonds. The van der Waals surface area contributed by atoms with Crippen molar-refractivity contribution in [2.75, 3.05) is 13.1 Å². The predicted molar refractivity (Wildman–Crippen MR) is 59.5 cm³/mol. The maximum absolute atomic E-state index is 3.48. The molecule has 1 aromatic rings. The van der Waals surface area contributed by atoms with Gasteiger partial charge in [-0.25, -0.2) is 0 Å². The molecule has 0 aliphatic carbocycles. The SMILES string of the molecule is Brc1ccc(C2CCNC2)s1.Cl. The molecule has 12 heavy (non-hydrogen) atoms. The molecule has 0 radical (unpaired) electrons. The molecule has 0 spiro atoms. The van der Waals surface area contributed by atoms with Gasteiger partial charge in [-0.3, -0.25) is 0 Å². The molecular weight excluding hydrogens is 258 g/mol. The lowest BCUT2D eigenvalue weighted by Gasteiger charge is -2.02. The van der Waals surface area contributed by atoms with Crippen LogP contribution in [-0.4, -0.2) is 13.1 Å². The molecule has 0 bridgehead atoms. The Bertz CT molecular complexity index is 245. The van der Waals surface area contributed by atoms with Gasteiger partial charge in [-0.1, -0.05) is 0 Å². The largest absolute Gasteiger partial charge is 0.316 e. The first kappa shape index (κ1) is 10.5. The summed E-state index contributed by atoms with van der Waals surface area (Å²) in [7, 11) is 0. The van der Waals surface area contributed by atoms with Crippen molar-refractivity contribution in [2.24, 2.45) is 0 Å². The third kappa shape index (κ3) is 2.22. The van der Waals surface area contributed by atoms with Crippen LogP contribution in [0.3, 0.4) is 0 Å². The zero-order chi connectivity index (χ0) is 7.68. The lowest BCUT2D eigenvalue weighted by atomic mass is 10.1. The van der Waals surface area contributed by atoms with Gasteiger partial charge in [-0.15, -0.1) is 23.7 Å². The van der Waals surface area contributed by atoms with E-state index in [1.807, 2.05) is 11.3 Å². The van der Waals surface area contributed by atoms with Crippen LogP contribution in [-0.2, 0) is 0 Å². The first-order valence-corrected chi connectivity index (χ1v) is 5.43. The van der Waals surface area contributed by atoms with E-state index in [0.717, 1.165) is 12.5 Å². The van der Waals surface area contributed by atoms with Crippen LogP contribution < -0.4 is 5.32 Å². The molecule has 1 saturated heterocycles. The quantitative estimate of drug-likeness (QED) is 0.826. The second-order valence-electron chi connectivity index (χ2n) is 2.83. The van der Waals surface area contributed by atoms with Crippen LogP contribution in [0.2, 0.25) is 0 Å². The Labute approximate surface area is 91.1 Å². The molecule has 0 aromatic carbocycles. The second kappa shape index (κ2) is 4.61. The van der Waals surface area contributed by atoms with E-state index in [9.17, 15) is 0 Å². The summed E-state index contributed by atoms with van der Waals surface area (Å²) < 4.78 is 1.25. The highest BCUT2D eigenvalue weighted by Gasteiger charge is 2.17. The van der Waals surface area contributed by atoms with Gasteiger partial charge in [-0.05, 0) is 41.0 Å². The summed E-state index contributed by atoms with van der Waals surface area (Å²) in [6.07, 6.45) is 1.30. The van der Waals surface area contributed by atoms with Gasteiger partial charge in [-0.2, -0.15) is 0 Å². The minimum atomic E-state index is 0. The number of rotatable bonds is 1. The van der Waals surface area contributed by atoms with Crippen molar-refractivity contribution >= 4 is 39.7 Å². The highest BCUT2D eigenvalue weighted by atomic mass is 79.9. The smallest absolute Gasteiger partial charge is 0.0701 e. The maximum Gasteiger partial charge on any atom is 0.0701 e. The first-order chi connectivity index (χ1) is 5.36. The molecule has 2 heterocycles. The summed E-state index contributed by atoms with van der Waals surface area (Å²) in [6.45, 7) is 2.34. The third-order valence-corrected chi connectivity index (χ3v) is 3.84. The van der Waals surface area contributed by atoms with Crippen LogP contribution in [0, 0.1) is 0 Å². The maximum atomic E-state index is 3.48. The Hall–Kier alpha value is 0.430. The van der Waals surface area contributed by atoms with Gasteiger partial charge < -0.3 is 5.32 Å². The van der Waals surface area contributed by atoms with E-state index < -0.39 is 0 Å². The fraction of sp³-hybridized carbons (Fsp3) is 0.500. The summed E-state index contributed by atoms with van der Waals surface area (Å²) in [5.41, 5.74) is 0. The molecule has 1 N–H and O–H groups in total. The fourth-order valence-electron chi connectivity index (χ4n) is 1.45. The topological polar surface area (TPSA) is 12.0 Å². The average molecular weight is 269 g/mol. The number of thiophene rings is 1. The van der Waals surface area contributed by atoms with Crippen molar-refractivity contribution < 1.29 is 0 Å². The van der Waals surface area contributed by atoms with Crippen molar-refractivity contribution in [1.29, 1.82) is 0 Å². The normalized spacial score (nSPS) is 22.2. The van der Waals surface area contributed by atoms with E-state index in [4.69, 9.17) is 0 Å². The molecule has 1 aromatic heterocycles. The Balaban J connectivity index is 0.000000720. The third-order valence-electron chi connectivity index (χ3n) is 2.06. The lowest BCUT2D eigenvalue weighted by Crippen LogP contribution is -2.07. The monoisotopic (exact) mass is 267 g/mol. The van der Waals surface area contributed by atoms with Crippen molar-refractivity contribution in [3.05, 3.63) is 20.8 Å². The van der Waals surface area contributed by atoms with Crippen LogP contribution in [0.25, 0.3) is 0 Å². The first-order valence-electron chi connectivity index (χ1n) is 3.82. The molecule has 1 fully saturated rings. The Kier molecular flexibility index (Phi) is 4.03. The summed E-state index contributed by atoms with van der Waals surface area (Å²) in [5, 5.41) is 3.37. The molecule has 1 aliphatic rings. The molecule has 1 aliphatic heterocycles. The highest BCUT2D eigenvalue weighted by Crippen LogP contribution is 2.31. The van der Waals surface area contributed by atoms with Gasteiger partial charge in [0.2, 0.25) is 0 Å². The zero-order valence-corrected chi connectivity index (χ0v) is 9.77. The summed E-state index contributed by atoms with van der Waals surface area (Å²) in [4.78, 5) is 1.52. The number of nitrogens with one attached hydrogen (secondary N) is 1. The minimum Gasteiger partial charge on any atom is -0.316 e. The van der Waals surface area contributed by atoms with Gasteiger partial charge >= 0.3 is 0 Å². The Morgan fingerprint density at radius 3 is 2.83 bits per heavy atom. The van der Waals surface area contributed by atoms with Crippen LogP contribution in [0.15, 0.2) is 15.9 Å². The van der Waals surface area contributed by atoms with E-state index >= 15 is 0 Å². The molecule has 1 nitrogen and oxygen atoms in total. The molecule has 2 rings (SSSR count). The van der Waals surface area contributed by atoms with Crippen molar-refractivity contribution in [1.82, 2.24) is 5.32 Å². The Morgan fingerprint density at radius 1 is 1.50 bits per heavy atom. The van der Waals surface area contributed by atoms with Crippen LogP contribution in [0.4, 0.5) is 0 Å².